The molecule has 0 unspecified atom stereocenters. The summed E-state index contributed by atoms with van der Waals surface area (Å²) in [5, 5.41) is 16.5. The Bertz CT molecular complexity index is 1520. The lowest BCUT2D eigenvalue weighted by Crippen LogP contribution is -2.22. The Labute approximate surface area is 214 Å². The molecule has 0 aliphatic heterocycles. The van der Waals surface area contributed by atoms with Crippen molar-refractivity contribution in [1.82, 2.24) is 9.66 Å². The third-order valence-electron chi connectivity index (χ3n) is 5.26. The third-order valence-corrected chi connectivity index (χ3v) is 6.03. The molecule has 1 aromatic heterocycles. The van der Waals surface area contributed by atoms with Gasteiger partial charge in [0.05, 0.1) is 27.1 Å². The number of benzene rings is 3. The van der Waals surface area contributed by atoms with Gasteiger partial charge in [-0.2, -0.15) is 9.78 Å². The second-order valence-corrected chi connectivity index (χ2v) is 9.11. The number of hydrogen-bond acceptors (Lipinski definition) is 6. The molecule has 0 bridgehead atoms. The quantitative estimate of drug-likeness (QED) is 0.157. The molecule has 3 aromatic carbocycles. The largest absolute Gasteiger partial charge is 0.481 e. The molecular formula is C25H20BrClN4O4. The van der Waals surface area contributed by atoms with E-state index in [0.717, 1.165) is 15.6 Å². The van der Waals surface area contributed by atoms with E-state index in [1.54, 1.807) is 12.1 Å². The summed E-state index contributed by atoms with van der Waals surface area (Å²) in [6.07, 6.45) is 1.81. The number of fused-ring (bicyclic) bond motifs is 1. The Morgan fingerprint density at radius 3 is 2.63 bits per heavy atom. The van der Waals surface area contributed by atoms with Gasteiger partial charge >= 0.3 is 5.69 Å². The lowest BCUT2D eigenvalue weighted by molar-refractivity contribution is -0.385. The van der Waals surface area contributed by atoms with E-state index in [-0.39, 0.29) is 28.6 Å². The summed E-state index contributed by atoms with van der Waals surface area (Å²) < 4.78 is 7.63. The third kappa shape index (κ3) is 5.41. The van der Waals surface area contributed by atoms with Crippen LogP contribution < -0.4 is 10.3 Å². The van der Waals surface area contributed by atoms with E-state index in [1.165, 1.54) is 23.0 Å². The van der Waals surface area contributed by atoms with Gasteiger partial charge in [0.15, 0.2) is 0 Å². The van der Waals surface area contributed by atoms with Gasteiger partial charge in [0.2, 0.25) is 5.75 Å². The molecule has 0 saturated carbocycles. The predicted octanol–water partition coefficient (Wildman–Crippen LogP) is 6.05. The summed E-state index contributed by atoms with van der Waals surface area (Å²) >= 11 is 9.72. The van der Waals surface area contributed by atoms with E-state index < -0.39 is 4.92 Å². The molecule has 4 aromatic rings. The average Bonchev–Trinajstić information content (AvgIpc) is 2.83. The highest BCUT2D eigenvalue weighted by molar-refractivity contribution is 9.10. The van der Waals surface area contributed by atoms with Crippen molar-refractivity contribution >= 4 is 50.3 Å². The fraction of sp³-hybridized carbons (Fsp3) is 0.160. The minimum Gasteiger partial charge on any atom is -0.481 e. The average molecular weight is 556 g/mol. The molecule has 0 atom stereocenters. The van der Waals surface area contributed by atoms with Crippen LogP contribution in [0.5, 0.6) is 5.75 Å². The second kappa shape index (κ2) is 10.4. The summed E-state index contributed by atoms with van der Waals surface area (Å²) in [5.41, 5.74) is 2.22. The van der Waals surface area contributed by atoms with Gasteiger partial charge in [0.25, 0.3) is 5.56 Å². The molecule has 0 aliphatic carbocycles. The Balaban J connectivity index is 1.69. The minimum absolute atomic E-state index is 0.0296. The zero-order valence-electron chi connectivity index (χ0n) is 18.9. The van der Waals surface area contributed by atoms with Gasteiger partial charge in [0, 0.05) is 22.5 Å². The van der Waals surface area contributed by atoms with Crippen molar-refractivity contribution in [3.05, 3.63) is 107 Å². The maximum Gasteiger partial charge on any atom is 0.313 e. The molecule has 178 valence electrons. The van der Waals surface area contributed by atoms with Crippen LogP contribution in [0.1, 0.15) is 29.4 Å². The van der Waals surface area contributed by atoms with Crippen molar-refractivity contribution in [1.29, 1.82) is 0 Å². The van der Waals surface area contributed by atoms with Crippen LogP contribution in [0.15, 0.2) is 69.0 Å². The number of ether oxygens (including phenoxy) is 1. The SMILES string of the molecule is CCc1nc2ccc(Br)cc2c(=O)n1N=Cc1cc(Cl)c(OCc2ccc(C)cc2)c([N+](=O)[O-])c1. The minimum atomic E-state index is -0.563. The van der Waals surface area contributed by atoms with Gasteiger partial charge in [-0.1, -0.05) is 64.3 Å². The van der Waals surface area contributed by atoms with Crippen molar-refractivity contribution in [3.63, 3.8) is 0 Å². The Morgan fingerprint density at radius 1 is 1.20 bits per heavy atom. The number of halogens is 2. The van der Waals surface area contributed by atoms with Crippen LogP contribution in [-0.2, 0) is 13.0 Å². The molecule has 4 rings (SSSR count). The fourth-order valence-corrected chi connectivity index (χ4v) is 4.10. The first-order valence-corrected chi connectivity index (χ1v) is 11.9. The molecule has 0 amide bonds. The molecule has 0 saturated heterocycles. The number of nitro groups is 1. The molecule has 10 heteroatoms. The number of hydrogen-bond donors (Lipinski definition) is 0. The summed E-state index contributed by atoms with van der Waals surface area (Å²) in [4.78, 5) is 28.7. The second-order valence-electron chi connectivity index (χ2n) is 7.79. The van der Waals surface area contributed by atoms with Crippen molar-refractivity contribution in [2.75, 3.05) is 0 Å². The van der Waals surface area contributed by atoms with Crippen LogP contribution in [0.4, 0.5) is 5.69 Å². The van der Waals surface area contributed by atoms with Crippen LogP contribution in [0, 0.1) is 17.0 Å². The van der Waals surface area contributed by atoms with Crippen LogP contribution in [0.2, 0.25) is 5.02 Å². The number of nitro benzene ring substituents is 1. The Morgan fingerprint density at radius 2 is 1.94 bits per heavy atom. The van der Waals surface area contributed by atoms with E-state index in [1.807, 2.05) is 44.2 Å². The highest BCUT2D eigenvalue weighted by Gasteiger charge is 2.21. The van der Waals surface area contributed by atoms with Gasteiger partial charge in [-0.3, -0.25) is 14.9 Å². The molecule has 0 radical (unpaired) electrons. The van der Waals surface area contributed by atoms with Crippen molar-refractivity contribution in [3.8, 4) is 5.75 Å². The molecule has 0 N–H and O–H groups in total. The summed E-state index contributed by atoms with van der Waals surface area (Å²) in [6, 6.07) is 15.7. The number of nitrogens with zero attached hydrogens (tertiary/aromatic N) is 4. The highest BCUT2D eigenvalue weighted by atomic mass is 79.9. The molecule has 0 fully saturated rings. The molecule has 0 aliphatic rings. The van der Waals surface area contributed by atoms with Gasteiger partial charge < -0.3 is 4.74 Å². The van der Waals surface area contributed by atoms with E-state index in [9.17, 15) is 14.9 Å². The van der Waals surface area contributed by atoms with Crippen molar-refractivity contribution < 1.29 is 9.66 Å². The smallest absolute Gasteiger partial charge is 0.313 e. The maximum absolute atomic E-state index is 13.1. The monoisotopic (exact) mass is 554 g/mol. The van der Waals surface area contributed by atoms with Crippen molar-refractivity contribution in [2.45, 2.75) is 26.9 Å². The number of aromatic nitrogens is 2. The van der Waals surface area contributed by atoms with E-state index in [4.69, 9.17) is 16.3 Å². The topological polar surface area (TPSA) is 99.6 Å². The maximum atomic E-state index is 13.1. The Hall–Kier alpha value is -3.56. The van der Waals surface area contributed by atoms with E-state index in [2.05, 4.69) is 26.0 Å². The molecule has 0 spiro atoms. The lowest BCUT2D eigenvalue weighted by Gasteiger charge is -2.10. The van der Waals surface area contributed by atoms with Crippen molar-refractivity contribution in [2.24, 2.45) is 5.10 Å². The number of rotatable bonds is 7. The van der Waals surface area contributed by atoms with Gasteiger partial charge in [-0.25, -0.2) is 4.98 Å². The van der Waals surface area contributed by atoms with E-state index >= 15 is 0 Å². The molecule has 8 nitrogen and oxygen atoms in total. The molecular weight excluding hydrogens is 536 g/mol. The van der Waals surface area contributed by atoms with Gasteiger partial charge in [-0.05, 0) is 36.8 Å². The van der Waals surface area contributed by atoms with Crippen LogP contribution >= 0.6 is 27.5 Å². The fourth-order valence-electron chi connectivity index (χ4n) is 3.46. The van der Waals surface area contributed by atoms with E-state index in [0.29, 0.717) is 28.7 Å². The zero-order chi connectivity index (χ0) is 25.1. The number of aryl methyl sites for hydroxylation is 2. The predicted molar refractivity (Wildman–Crippen MR) is 140 cm³/mol. The zero-order valence-corrected chi connectivity index (χ0v) is 21.2. The van der Waals surface area contributed by atoms with Gasteiger partial charge in [0.1, 0.15) is 12.4 Å². The first-order chi connectivity index (χ1) is 16.8. The highest BCUT2D eigenvalue weighted by Crippen LogP contribution is 2.36. The lowest BCUT2D eigenvalue weighted by atomic mass is 10.1. The molecule has 1 heterocycles. The standard InChI is InChI=1S/C25H20BrClN4O4/c1-3-23-29-21-9-8-18(26)12-19(21)25(32)30(23)28-13-17-10-20(27)24(22(11-17)31(33)34)35-14-16-6-4-15(2)5-7-16/h4-13H,3,14H2,1-2H3. The van der Waals surface area contributed by atoms with Crippen LogP contribution in [0.25, 0.3) is 10.9 Å². The Kier molecular flexibility index (Phi) is 7.28. The summed E-state index contributed by atoms with van der Waals surface area (Å²) in [6.45, 7) is 3.96. The van der Waals surface area contributed by atoms with Crippen LogP contribution in [0.3, 0.4) is 0 Å². The first-order valence-electron chi connectivity index (χ1n) is 10.7. The summed E-state index contributed by atoms with van der Waals surface area (Å²) in [5.74, 6) is 0.428. The summed E-state index contributed by atoms with van der Waals surface area (Å²) in [7, 11) is 0. The normalized spacial score (nSPS) is 11.3. The van der Waals surface area contributed by atoms with Gasteiger partial charge in [-0.15, -0.1) is 0 Å². The molecule has 35 heavy (non-hydrogen) atoms. The first kappa shape index (κ1) is 24.6. The van der Waals surface area contributed by atoms with Crippen LogP contribution in [-0.4, -0.2) is 20.8 Å².